The summed E-state index contributed by atoms with van der Waals surface area (Å²) in [6.45, 7) is 0.0718. The van der Waals surface area contributed by atoms with Crippen LogP contribution in [0.3, 0.4) is 0 Å². The second-order valence-electron chi connectivity index (χ2n) is 3.91. The van der Waals surface area contributed by atoms with E-state index in [1.165, 1.54) is 18.0 Å². The summed E-state index contributed by atoms with van der Waals surface area (Å²) in [5.74, 6) is -2.56. The third kappa shape index (κ3) is 2.67. The second-order valence-corrected chi connectivity index (χ2v) is 3.91. The molecule has 1 aromatic heterocycles. The van der Waals surface area contributed by atoms with E-state index in [2.05, 4.69) is 14.9 Å². The van der Waals surface area contributed by atoms with Gasteiger partial charge in [0.25, 0.3) is 5.91 Å². The van der Waals surface area contributed by atoms with E-state index in [4.69, 9.17) is 5.73 Å². The van der Waals surface area contributed by atoms with Crippen LogP contribution in [0.2, 0.25) is 0 Å². The van der Waals surface area contributed by atoms with Crippen LogP contribution in [-0.4, -0.2) is 28.2 Å². The Morgan fingerprint density at radius 3 is 2.68 bits per heavy atom. The van der Waals surface area contributed by atoms with E-state index in [-0.39, 0.29) is 18.1 Å². The molecule has 6 nitrogen and oxygen atoms in total. The highest BCUT2D eigenvalue weighted by atomic mass is 19.2. The molecule has 0 saturated carbocycles. The van der Waals surface area contributed by atoms with Crippen LogP contribution in [0.5, 0.6) is 0 Å². The molecule has 0 saturated heterocycles. The first-order chi connectivity index (χ1) is 8.99. The fourth-order valence-electron chi connectivity index (χ4n) is 1.51. The van der Waals surface area contributed by atoms with Crippen molar-refractivity contribution in [1.82, 2.24) is 15.2 Å². The van der Waals surface area contributed by atoms with Gasteiger partial charge in [-0.1, -0.05) is 6.07 Å². The van der Waals surface area contributed by atoms with Gasteiger partial charge in [0.2, 0.25) is 11.5 Å². The number of carbonyl (C=O) groups is 1. The molecule has 0 aliphatic heterocycles. The number of aromatic nitrogens is 2. The van der Waals surface area contributed by atoms with Crippen molar-refractivity contribution in [2.45, 2.75) is 6.54 Å². The molecule has 0 aliphatic rings. The number of carbonyl (C=O) groups excluding carboxylic acids is 1. The van der Waals surface area contributed by atoms with Gasteiger partial charge in [0.15, 0.2) is 11.6 Å². The van der Waals surface area contributed by atoms with E-state index in [1.54, 1.807) is 0 Å². The Labute approximate surface area is 106 Å². The van der Waals surface area contributed by atoms with Crippen LogP contribution < -0.4 is 5.73 Å². The first-order valence-corrected chi connectivity index (χ1v) is 5.26. The molecule has 2 rings (SSSR count). The topological polar surface area (TPSA) is 85.2 Å². The van der Waals surface area contributed by atoms with E-state index < -0.39 is 17.5 Å². The van der Waals surface area contributed by atoms with E-state index in [0.29, 0.717) is 5.56 Å². The van der Waals surface area contributed by atoms with Gasteiger partial charge in [-0.2, -0.15) is 0 Å². The Bertz CT molecular complexity index is 614. The van der Waals surface area contributed by atoms with Gasteiger partial charge in [-0.25, -0.2) is 13.4 Å². The Morgan fingerprint density at radius 1 is 1.37 bits per heavy atom. The maximum atomic E-state index is 13.0. The number of nitrogens with two attached hydrogens (primary N) is 1. The molecule has 0 spiro atoms. The fraction of sp³-hybridized carbons (Fsp3) is 0.182. The van der Waals surface area contributed by atoms with Crippen molar-refractivity contribution in [2.24, 2.45) is 0 Å². The van der Waals surface area contributed by atoms with E-state index in [1.807, 2.05) is 0 Å². The highest BCUT2D eigenvalue weighted by molar-refractivity contribution is 5.95. The Hall–Kier alpha value is -2.51. The predicted octanol–water partition coefficient (Wildman–Crippen LogP) is 1.20. The van der Waals surface area contributed by atoms with E-state index in [9.17, 15) is 13.6 Å². The molecule has 0 radical (unpaired) electrons. The number of nitrogens with zero attached hydrogens (tertiary/aromatic N) is 3. The largest absolute Gasteiger partial charge is 0.379 e. The molecule has 0 atom stereocenters. The number of halogens is 2. The van der Waals surface area contributed by atoms with Crippen molar-refractivity contribution in [3.05, 3.63) is 41.1 Å². The lowest BCUT2D eigenvalue weighted by atomic mass is 10.2. The maximum Gasteiger partial charge on any atom is 0.280 e. The van der Waals surface area contributed by atoms with Gasteiger partial charge in [0.1, 0.15) is 0 Å². The minimum absolute atomic E-state index is 0.0718. The lowest BCUT2D eigenvalue weighted by Gasteiger charge is -2.15. The normalized spacial score (nSPS) is 10.5. The van der Waals surface area contributed by atoms with Crippen molar-refractivity contribution < 1.29 is 18.2 Å². The van der Waals surface area contributed by atoms with Gasteiger partial charge in [-0.3, -0.25) is 4.79 Å². The first-order valence-electron chi connectivity index (χ1n) is 5.26. The van der Waals surface area contributed by atoms with Crippen molar-refractivity contribution in [3.63, 3.8) is 0 Å². The maximum absolute atomic E-state index is 13.0. The van der Waals surface area contributed by atoms with E-state index >= 15 is 0 Å². The minimum Gasteiger partial charge on any atom is -0.379 e. The zero-order valence-electron chi connectivity index (χ0n) is 9.93. The van der Waals surface area contributed by atoms with Gasteiger partial charge in [0, 0.05) is 13.6 Å². The van der Waals surface area contributed by atoms with Gasteiger partial charge in [0.05, 0.1) is 0 Å². The van der Waals surface area contributed by atoms with Crippen LogP contribution in [0.4, 0.5) is 14.6 Å². The predicted molar refractivity (Wildman–Crippen MR) is 60.9 cm³/mol. The fourth-order valence-corrected chi connectivity index (χ4v) is 1.51. The number of anilines is 1. The van der Waals surface area contributed by atoms with Crippen LogP contribution in [0.25, 0.3) is 0 Å². The zero-order chi connectivity index (χ0) is 14.0. The summed E-state index contributed by atoms with van der Waals surface area (Å²) < 4.78 is 30.1. The van der Waals surface area contributed by atoms with Crippen molar-refractivity contribution in [3.8, 4) is 0 Å². The average Bonchev–Trinajstić information content (AvgIpc) is 2.79. The highest BCUT2D eigenvalue weighted by Gasteiger charge is 2.20. The molecule has 1 aromatic carbocycles. The Balaban J connectivity index is 2.13. The molecule has 100 valence electrons. The summed E-state index contributed by atoms with van der Waals surface area (Å²) in [7, 11) is 1.47. The SMILES string of the molecule is CN(Cc1ccc(F)c(F)c1)C(=O)c1nonc1N. The standard InChI is InChI=1S/C11H10F2N4O2/c1-17(11(18)9-10(14)16-19-15-9)5-6-2-3-7(12)8(13)4-6/h2-4H,5H2,1H3,(H2,14,16). The molecule has 2 aromatic rings. The van der Waals surface area contributed by atoms with Crippen molar-refractivity contribution >= 4 is 11.7 Å². The molecule has 2 N–H and O–H groups in total. The zero-order valence-corrected chi connectivity index (χ0v) is 9.93. The molecule has 0 unspecified atom stereocenters. The number of nitrogen functional groups attached to an aromatic ring is 1. The number of hydrogen-bond acceptors (Lipinski definition) is 5. The summed E-state index contributed by atoms with van der Waals surface area (Å²) in [6.07, 6.45) is 0. The molecule has 19 heavy (non-hydrogen) atoms. The lowest BCUT2D eigenvalue weighted by molar-refractivity contribution is 0.0774. The Morgan fingerprint density at radius 2 is 2.11 bits per heavy atom. The first kappa shape index (κ1) is 12.9. The Kier molecular flexibility index (Phi) is 3.41. The number of hydrogen-bond donors (Lipinski definition) is 1. The molecular weight excluding hydrogens is 258 g/mol. The number of amides is 1. The van der Waals surface area contributed by atoms with Crippen LogP contribution in [0.1, 0.15) is 16.1 Å². The minimum atomic E-state index is -0.971. The summed E-state index contributed by atoms with van der Waals surface area (Å²) in [5.41, 5.74) is 5.71. The molecule has 1 heterocycles. The van der Waals surface area contributed by atoms with E-state index in [0.717, 1.165) is 12.1 Å². The second kappa shape index (κ2) is 5.01. The van der Waals surface area contributed by atoms with Crippen molar-refractivity contribution in [1.29, 1.82) is 0 Å². The third-order valence-corrected chi connectivity index (χ3v) is 2.47. The van der Waals surface area contributed by atoms with Gasteiger partial charge < -0.3 is 10.6 Å². The average molecular weight is 268 g/mol. The molecule has 1 amide bonds. The molecule has 0 aliphatic carbocycles. The lowest BCUT2D eigenvalue weighted by Crippen LogP contribution is -2.27. The smallest absolute Gasteiger partial charge is 0.280 e. The van der Waals surface area contributed by atoms with Crippen molar-refractivity contribution in [2.75, 3.05) is 12.8 Å². The van der Waals surface area contributed by atoms with Crippen LogP contribution in [-0.2, 0) is 6.54 Å². The molecular formula is C11H10F2N4O2. The van der Waals surface area contributed by atoms with Crippen LogP contribution in [0.15, 0.2) is 22.8 Å². The summed E-state index contributed by atoms with van der Waals surface area (Å²) in [4.78, 5) is 13.1. The third-order valence-electron chi connectivity index (χ3n) is 2.47. The summed E-state index contributed by atoms with van der Waals surface area (Å²) in [6, 6.07) is 3.39. The summed E-state index contributed by atoms with van der Waals surface area (Å²) >= 11 is 0. The van der Waals surface area contributed by atoms with Gasteiger partial charge in [-0.05, 0) is 28.0 Å². The summed E-state index contributed by atoms with van der Waals surface area (Å²) in [5, 5.41) is 6.66. The molecule has 0 bridgehead atoms. The number of benzene rings is 1. The highest BCUT2D eigenvalue weighted by Crippen LogP contribution is 2.13. The van der Waals surface area contributed by atoms with Gasteiger partial charge >= 0.3 is 0 Å². The number of rotatable bonds is 3. The van der Waals surface area contributed by atoms with Crippen LogP contribution in [0, 0.1) is 11.6 Å². The monoisotopic (exact) mass is 268 g/mol. The molecule has 8 heteroatoms. The van der Waals surface area contributed by atoms with Gasteiger partial charge in [-0.15, -0.1) is 0 Å². The van der Waals surface area contributed by atoms with Crippen LogP contribution >= 0.6 is 0 Å². The molecule has 0 fully saturated rings. The quantitative estimate of drug-likeness (QED) is 0.904.